The highest BCUT2D eigenvalue weighted by Gasteiger charge is 2.16. The lowest BCUT2D eigenvalue weighted by Gasteiger charge is -2.16. The monoisotopic (exact) mass is 425 g/mol. The fraction of sp³-hybridized carbons (Fsp3) is 0.0909. The van der Waals surface area contributed by atoms with Gasteiger partial charge >= 0.3 is 0 Å². The number of nitrogens with zero attached hydrogens (tertiary/aromatic N) is 1. The van der Waals surface area contributed by atoms with Crippen LogP contribution in [0.4, 0.5) is 5.69 Å². The third-order valence-electron chi connectivity index (χ3n) is 4.38. The van der Waals surface area contributed by atoms with Crippen LogP contribution in [0.3, 0.4) is 0 Å². The van der Waals surface area contributed by atoms with Crippen LogP contribution in [0.15, 0.2) is 66.7 Å². The normalized spacial score (nSPS) is 12.0. The summed E-state index contributed by atoms with van der Waals surface area (Å²) in [5.74, 6) is 0.893. The van der Waals surface area contributed by atoms with Crippen molar-refractivity contribution >= 4 is 45.8 Å². The third kappa shape index (κ3) is 4.36. The standard InChI is InChI=1S/C22H17Cl2N3O2/c1-13(29-20-11-8-15(23)12-17(20)24)22(28)25-16-9-6-14(7-10-16)21-26-18-4-2-3-5-19(18)27-21/h2-13H,1H3,(H,25,28)(H,26,27). The number of anilines is 1. The lowest BCUT2D eigenvalue weighted by atomic mass is 10.2. The van der Waals surface area contributed by atoms with Gasteiger partial charge in [0.2, 0.25) is 0 Å². The summed E-state index contributed by atoms with van der Waals surface area (Å²) in [4.78, 5) is 20.3. The molecule has 29 heavy (non-hydrogen) atoms. The second kappa shape index (κ2) is 8.15. The van der Waals surface area contributed by atoms with Gasteiger partial charge in [-0.25, -0.2) is 4.98 Å². The number of nitrogens with one attached hydrogen (secondary N) is 2. The van der Waals surface area contributed by atoms with Crippen LogP contribution in [-0.4, -0.2) is 22.0 Å². The first-order valence-corrected chi connectivity index (χ1v) is 9.73. The Labute approximate surface area is 177 Å². The molecule has 0 aliphatic carbocycles. The van der Waals surface area contributed by atoms with Crippen LogP contribution >= 0.6 is 23.2 Å². The summed E-state index contributed by atoms with van der Waals surface area (Å²) in [7, 11) is 0. The maximum atomic E-state index is 12.4. The van der Waals surface area contributed by atoms with E-state index >= 15 is 0 Å². The largest absolute Gasteiger partial charge is 0.479 e. The van der Waals surface area contributed by atoms with Gasteiger partial charge in [0.1, 0.15) is 11.6 Å². The minimum absolute atomic E-state index is 0.285. The second-order valence-electron chi connectivity index (χ2n) is 6.50. The first-order chi connectivity index (χ1) is 14.0. The van der Waals surface area contributed by atoms with E-state index in [9.17, 15) is 4.79 Å². The van der Waals surface area contributed by atoms with E-state index in [1.807, 2.05) is 48.5 Å². The van der Waals surface area contributed by atoms with Gasteiger partial charge in [-0.1, -0.05) is 35.3 Å². The first kappa shape index (κ1) is 19.3. The van der Waals surface area contributed by atoms with Crippen molar-refractivity contribution in [3.8, 4) is 17.1 Å². The van der Waals surface area contributed by atoms with E-state index in [-0.39, 0.29) is 5.91 Å². The summed E-state index contributed by atoms with van der Waals surface area (Å²) in [5, 5.41) is 3.69. The first-order valence-electron chi connectivity index (χ1n) is 8.97. The number of benzene rings is 3. The van der Waals surface area contributed by atoms with Gasteiger partial charge in [0.25, 0.3) is 5.91 Å². The minimum atomic E-state index is -0.733. The minimum Gasteiger partial charge on any atom is -0.479 e. The van der Waals surface area contributed by atoms with E-state index in [1.165, 1.54) is 0 Å². The van der Waals surface area contributed by atoms with E-state index < -0.39 is 6.10 Å². The third-order valence-corrected chi connectivity index (χ3v) is 4.91. The lowest BCUT2D eigenvalue weighted by Crippen LogP contribution is -2.30. The molecule has 0 aliphatic rings. The Morgan fingerprint density at radius 3 is 2.55 bits per heavy atom. The van der Waals surface area contributed by atoms with Gasteiger partial charge in [-0.15, -0.1) is 0 Å². The van der Waals surface area contributed by atoms with Gasteiger partial charge in [-0.05, 0) is 61.5 Å². The fourth-order valence-corrected chi connectivity index (χ4v) is 3.31. The predicted molar refractivity (Wildman–Crippen MR) is 117 cm³/mol. The maximum absolute atomic E-state index is 12.4. The molecule has 5 nitrogen and oxygen atoms in total. The van der Waals surface area contributed by atoms with Crippen molar-refractivity contribution in [1.29, 1.82) is 0 Å². The van der Waals surface area contributed by atoms with Gasteiger partial charge in [0, 0.05) is 16.3 Å². The van der Waals surface area contributed by atoms with Crippen molar-refractivity contribution in [2.45, 2.75) is 13.0 Å². The van der Waals surface area contributed by atoms with Crippen molar-refractivity contribution in [2.75, 3.05) is 5.32 Å². The molecule has 1 amide bonds. The summed E-state index contributed by atoms with van der Waals surface area (Å²) in [6.45, 7) is 1.66. The van der Waals surface area contributed by atoms with Crippen molar-refractivity contribution in [2.24, 2.45) is 0 Å². The number of amides is 1. The Morgan fingerprint density at radius 2 is 1.83 bits per heavy atom. The molecule has 3 aromatic carbocycles. The van der Waals surface area contributed by atoms with E-state index in [4.69, 9.17) is 27.9 Å². The average Bonchev–Trinajstić information content (AvgIpc) is 3.15. The Balaban J connectivity index is 1.43. The molecule has 4 rings (SSSR count). The summed E-state index contributed by atoms with van der Waals surface area (Å²) < 4.78 is 5.64. The number of imidazole rings is 1. The molecular weight excluding hydrogens is 409 g/mol. The number of aromatic nitrogens is 2. The molecule has 7 heteroatoms. The molecule has 146 valence electrons. The van der Waals surface area contributed by atoms with Gasteiger partial charge in [0.05, 0.1) is 16.1 Å². The van der Waals surface area contributed by atoms with Gasteiger partial charge in [-0.3, -0.25) is 4.79 Å². The zero-order chi connectivity index (χ0) is 20.4. The van der Waals surface area contributed by atoms with Crippen LogP contribution in [0.1, 0.15) is 6.92 Å². The Morgan fingerprint density at radius 1 is 1.07 bits per heavy atom. The Kier molecular flexibility index (Phi) is 5.43. The molecular formula is C22H17Cl2N3O2. The highest BCUT2D eigenvalue weighted by molar-refractivity contribution is 6.35. The van der Waals surface area contributed by atoms with Crippen LogP contribution in [0.25, 0.3) is 22.4 Å². The van der Waals surface area contributed by atoms with Crippen molar-refractivity contribution in [1.82, 2.24) is 9.97 Å². The molecule has 0 bridgehead atoms. The van der Waals surface area contributed by atoms with E-state index in [0.717, 1.165) is 22.4 Å². The number of para-hydroxylation sites is 2. The molecule has 0 saturated carbocycles. The van der Waals surface area contributed by atoms with Gasteiger partial charge in [0.15, 0.2) is 6.10 Å². The molecule has 0 radical (unpaired) electrons. The highest BCUT2D eigenvalue weighted by Crippen LogP contribution is 2.28. The van der Waals surface area contributed by atoms with Crippen molar-refractivity contribution in [3.63, 3.8) is 0 Å². The number of fused-ring (bicyclic) bond motifs is 1. The molecule has 1 heterocycles. The van der Waals surface area contributed by atoms with Crippen LogP contribution in [0.2, 0.25) is 10.0 Å². The van der Waals surface area contributed by atoms with Crippen LogP contribution in [0, 0.1) is 0 Å². The summed E-state index contributed by atoms with van der Waals surface area (Å²) >= 11 is 12.0. The zero-order valence-electron chi connectivity index (χ0n) is 15.4. The topological polar surface area (TPSA) is 67.0 Å². The fourth-order valence-electron chi connectivity index (χ4n) is 2.86. The molecule has 1 atom stereocenters. The number of carbonyl (C=O) groups excluding carboxylic acids is 1. The molecule has 0 saturated heterocycles. The van der Waals surface area contributed by atoms with Crippen LogP contribution < -0.4 is 10.1 Å². The van der Waals surface area contributed by atoms with E-state index in [2.05, 4.69) is 15.3 Å². The Hall–Kier alpha value is -3.02. The number of rotatable bonds is 5. The molecule has 4 aromatic rings. The predicted octanol–water partition coefficient (Wildman–Crippen LogP) is 5.94. The molecule has 0 spiro atoms. The number of halogens is 2. The number of H-pyrrole nitrogens is 1. The smallest absolute Gasteiger partial charge is 0.265 e. The molecule has 0 fully saturated rings. The highest BCUT2D eigenvalue weighted by atomic mass is 35.5. The van der Waals surface area contributed by atoms with Crippen LogP contribution in [0.5, 0.6) is 5.75 Å². The Bertz CT molecular complexity index is 1140. The number of aromatic amines is 1. The van der Waals surface area contributed by atoms with Crippen molar-refractivity contribution < 1.29 is 9.53 Å². The molecule has 1 unspecified atom stereocenters. The average molecular weight is 426 g/mol. The molecule has 2 N–H and O–H groups in total. The number of carbonyl (C=O) groups is 1. The maximum Gasteiger partial charge on any atom is 0.265 e. The summed E-state index contributed by atoms with van der Waals surface area (Å²) in [6.07, 6.45) is -0.733. The number of ether oxygens (including phenoxy) is 1. The summed E-state index contributed by atoms with van der Waals surface area (Å²) in [6, 6.07) is 20.2. The lowest BCUT2D eigenvalue weighted by molar-refractivity contribution is -0.122. The van der Waals surface area contributed by atoms with Gasteiger partial charge < -0.3 is 15.0 Å². The summed E-state index contributed by atoms with van der Waals surface area (Å²) in [5.41, 5.74) is 3.47. The van der Waals surface area contributed by atoms with E-state index in [1.54, 1.807) is 25.1 Å². The quantitative estimate of drug-likeness (QED) is 0.415. The van der Waals surface area contributed by atoms with E-state index in [0.29, 0.717) is 21.5 Å². The van der Waals surface area contributed by atoms with Crippen LogP contribution in [-0.2, 0) is 4.79 Å². The van der Waals surface area contributed by atoms with Crippen molar-refractivity contribution in [3.05, 3.63) is 76.8 Å². The number of hydrogen-bond acceptors (Lipinski definition) is 3. The number of hydrogen-bond donors (Lipinski definition) is 2. The van der Waals surface area contributed by atoms with Gasteiger partial charge in [-0.2, -0.15) is 0 Å². The zero-order valence-corrected chi connectivity index (χ0v) is 17.0. The second-order valence-corrected chi connectivity index (χ2v) is 7.35. The SMILES string of the molecule is CC(Oc1ccc(Cl)cc1Cl)C(=O)Nc1ccc(-c2nc3ccccc3[nH]2)cc1. The molecule has 0 aliphatic heterocycles. The molecule has 1 aromatic heterocycles.